The third-order valence-electron chi connectivity index (χ3n) is 2.84. The second-order valence-electron chi connectivity index (χ2n) is 3.92. The molecule has 6 nitrogen and oxygen atoms in total. The monoisotopic (exact) mass is 251 g/mol. The Kier molecular flexibility index (Phi) is 3.06. The summed E-state index contributed by atoms with van der Waals surface area (Å²) >= 11 is 0. The molecule has 2 atom stereocenters. The smallest absolute Gasteiger partial charge is 0.338 e. The van der Waals surface area contributed by atoms with Gasteiger partial charge in [-0.1, -0.05) is 18.2 Å². The van der Waals surface area contributed by atoms with Crippen LogP contribution in [0.2, 0.25) is 0 Å². The summed E-state index contributed by atoms with van der Waals surface area (Å²) in [6, 6.07) is 6.31. The van der Waals surface area contributed by atoms with E-state index in [1.807, 2.05) is 0 Å². The second kappa shape index (κ2) is 4.40. The Morgan fingerprint density at radius 2 is 2.17 bits per heavy atom. The average Bonchev–Trinajstić information content (AvgIpc) is 2.62. The number of rotatable bonds is 3. The number of carbonyl (C=O) groups is 2. The van der Waals surface area contributed by atoms with E-state index in [-0.39, 0.29) is 12.2 Å². The first-order valence-electron chi connectivity index (χ1n) is 5.49. The number of benzene rings is 1. The summed E-state index contributed by atoms with van der Waals surface area (Å²) in [6.45, 7) is 1.62. The molecular formula is C12H13NO5. The van der Waals surface area contributed by atoms with Crippen LogP contribution in [0.25, 0.3) is 0 Å². The molecule has 96 valence electrons. The van der Waals surface area contributed by atoms with Gasteiger partial charge < -0.3 is 20.3 Å². The summed E-state index contributed by atoms with van der Waals surface area (Å²) in [5.41, 5.74) is -1.77. The van der Waals surface area contributed by atoms with Crippen LogP contribution in [0, 0.1) is 0 Å². The molecule has 0 bridgehead atoms. The second-order valence-corrected chi connectivity index (χ2v) is 3.92. The topological polar surface area (TPSA) is 95.9 Å². The molecule has 0 saturated heterocycles. The van der Waals surface area contributed by atoms with E-state index in [2.05, 4.69) is 10.1 Å². The predicted molar refractivity (Wildman–Crippen MR) is 61.6 cm³/mol. The van der Waals surface area contributed by atoms with Gasteiger partial charge in [0.05, 0.1) is 6.61 Å². The number of nitrogens with one attached hydrogen (secondary N) is 1. The van der Waals surface area contributed by atoms with Gasteiger partial charge in [0.15, 0.2) is 6.10 Å². The Bertz CT molecular complexity index is 501. The van der Waals surface area contributed by atoms with Gasteiger partial charge >= 0.3 is 5.97 Å². The van der Waals surface area contributed by atoms with Crippen molar-refractivity contribution in [1.29, 1.82) is 0 Å². The minimum atomic E-state index is -2.30. The lowest BCUT2D eigenvalue weighted by molar-refractivity contribution is -0.174. The summed E-state index contributed by atoms with van der Waals surface area (Å²) < 4.78 is 4.62. The molecule has 0 aliphatic carbocycles. The van der Waals surface area contributed by atoms with Crippen molar-refractivity contribution in [2.24, 2.45) is 0 Å². The molecule has 0 aromatic heterocycles. The number of esters is 1. The average molecular weight is 251 g/mol. The van der Waals surface area contributed by atoms with Crippen LogP contribution >= 0.6 is 0 Å². The van der Waals surface area contributed by atoms with Crippen molar-refractivity contribution in [3.8, 4) is 0 Å². The Morgan fingerprint density at radius 3 is 2.83 bits per heavy atom. The molecule has 0 radical (unpaired) electrons. The highest BCUT2D eigenvalue weighted by Crippen LogP contribution is 2.38. The molecule has 0 spiro atoms. The number of para-hydroxylation sites is 1. The number of aliphatic hydroxyl groups is 2. The van der Waals surface area contributed by atoms with E-state index in [0.717, 1.165) is 0 Å². The van der Waals surface area contributed by atoms with Crippen LogP contribution in [0.3, 0.4) is 0 Å². The Morgan fingerprint density at radius 1 is 1.50 bits per heavy atom. The first-order chi connectivity index (χ1) is 8.51. The van der Waals surface area contributed by atoms with Gasteiger partial charge in [-0.3, -0.25) is 4.79 Å². The molecule has 1 aromatic carbocycles. The fraction of sp³-hybridized carbons (Fsp3) is 0.333. The number of fused-ring (bicyclic) bond motifs is 1. The first kappa shape index (κ1) is 12.5. The van der Waals surface area contributed by atoms with E-state index in [9.17, 15) is 19.8 Å². The third kappa shape index (κ3) is 1.66. The fourth-order valence-corrected chi connectivity index (χ4v) is 1.93. The molecule has 1 aromatic rings. The van der Waals surface area contributed by atoms with Crippen molar-refractivity contribution >= 4 is 17.6 Å². The van der Waals surface area contributed by atoms with E-state index < -0.39 is 23.6 Å². The molecule has 0 fully saturated rings. The van der Waals surface area contributed by atoms with Gasteiger partial charge in [-0.2, -0.15) is 0 Å². The Labute approximate surface area is 103 Å². The highest BCUT2D eigenvalue weighted by atomic mass is 16.5. The number of aliphatic hydroxyl groups excluding tert-OH is 1. The van der Waals surface area contributed by atoms with Crippen molar-refractivity contribution in [2.45, 2.75) is 18.6 Å². The van der Waals surface area contributed by atoms with Gasteiger partial charge in [-0.05, 0) is 13.0 Å². The van der Waals surface area contributed by atoms with E-state index in [4.69, 9.17) is 0 Å². The summed E-state index contributed by atoms with van der Waals surface area (Å²) in [5, 5.41) is 22.6. The maximum Gasteiger partial charge on any atom is 0.338 e. The van der Waals surface area contributed by atoms with Crippen molar-refractivity contribution in [3.63, 3.8) is 0 Å². The van der Waals surface area contributed by atoms with Crippen LogP contribution in [-0.2, 0) is 19.9 Å². The van der Waals surface area contributed by atoms with E-state index in [1.54, 1.807) is 25.1 Å². The number of ether oxygens (including phenoxy) is 1. The molecule has 3 N–H and O–H groups in total. The Hall–Kier alpha value is -1.92. The van der Waals surface area contributed by atoms with Gasteiger partial charge in [0.1, 0.15) is 0 Å². The number of amides is 1. The van der Waals surface area contributed by atoms with Crippen LogP contribution < -0.4 is 5.32 Å². The van der Waals surface area contributed by atoms with Crippen molar-refractivity contribution in [1.82, 2.24) is 0 Å². The van der Waals surface area contributed by atoms with Crippen LogP contribution in [0.1, 0.15) is 12.5 Å². The fourth-order valence-electron chi connectivity index (χ4n) is 1.93. The Balaban J connectivity index is 2.41. The van der Waals surface area contributed by atoms with E-state index in [0.29, 0.717) is 5.69 Å². The molecule has 1 heterocycles. The van der Waals surface area contributed by atoms with Crippen LogP contribution in [-0.4, -0.2) is 34.8 Å². The highest BCUT2D eigenvalue weighted by molar-refractivity contribution is 6.07. The van der Waals surface area contributed by atoms with Gasteiger partial charge in [0.2, 0.25) is 5.60 Å². The number of anilines is 1. The van der Waals surface area contributed by atoms with Crippen LogP contribution in [0.5, 0.6) is 0 Å². The summed E-state index contributed by atoms with van der Waals surface area (Å²) in [4.78, 5) is 23.3. The van der Waals surface area contributed by atoms with Crippen LogP contribution in [0.4, 0.5) is 5.69 Å². The molecule has 1 amide bonds. The normalized spacial score (nSPS) is 23.2. The van der Waals surface area contributed by atoms with Gasteiger partial charge in [-0.25, -0.2) is 4.79 Å². The number of carbonyl (C=O) groups excluding carboxylic acids is 2. The maximum atomic E-state index is 11.8. The zero-order valence-corrected chi connectivity index (χ0v) is 9.71. The molecular weight excluding hydrogens is 238 g/mol. The molecule has 0 unspecified atom stereocenters. The highest BCUT2D eigenvalue weighted by Gasteiger charge is 2.54. The first-order valence-corrected chi connectivity index (χ1v) is 5.49. The summed E-state index contributed by atoms with van der Waals surface area (Å²) in [7, 11) is 0. The minimum absolute atomic E-state index is 0.0508. The van der Waals surface area contributed by atoms with Crippen molar-refractivity contribution < 1.29 is 24.5 Å². The predicted octanol–water partition coefficient (Wildman–Crippen LogP) is -0.250. The van der Waals surface area contributed by atoms with Gasteiger partial charge in [0, 0.05) is 11.3 Å². The molecule has 1 aliphatic heterocycles. The van der Waals surface area contributed by atoms with Crippen LogP contribution in [0.15, 0.2) is 24.3 Å². The lowest BCUT2D eigenvalue weighted by Crippen LogP contribution is -2.50. The standard InChI is InChI=1S/C12H13NO5/c1-2-18-10(15)9(14)12(17)7-5-3-4-6-8(7)13-11(12)16/h3-6,9,14,17H,2H2,1H3,(H,13,16)/t9-,12-/m1/s1. The van der Waals surface area contributed by atoms with Crippen molar-refractivity contribution in [3.05, 3.63) is 29.8 Å². The van der Waals surface area contributed by atoms with Gasteiger partial charge in [-0.15, -0.1) is 0 Å². The zero-order chi connectivity index (χ0) is 13.3. The zero-order valence-electron chi connectivity index (χ0n) is 9.71. The number of hydrogen-bond donors (Lipinski definition) is 3. The molecule has 6 heteroatoms. The maximum absolute atomic E-state index is 11.8. The summed E-state index contributed by atoms with van der Waals surface area (Å²) in [6.07, 6.45) is -1.96. The summed E-state index contributed by atoms with van der Waals surface area (Å²) in [5.74, 6) is -1.88. The largest absolute Gasteiger partial charge is 0.464 e. The lowest BCUT2D eigenvalue weighted by Gasteiger charge is -2.25. The minimum Gasteiger partial charge on any atom is -0.464 e. The third-order valence-corrected chi connectivity index (χ3v) is 2.84. The lowest BCUT2D eigenvalue weighted by atomic mass is 9.89. The number of hydrogen-bond acceptors (Lipinski definition) is 5. The SMILES string of the molecule is CCOC(=O)[C@@H](O)[C@@]1(O)C(=O)Nc2ccccc21. The molecule has 18 heavy (non-hydrogen) atoms. The van der Waals surface area contributed by atoms with E-state index >= 15 is 0 Å². The molecule has 1 aliphatic rings. The van der Waals surface area contributed by atoms with Crippen molar-refractivity contribution in [2.75, 3.05) is 11.9 Å². The molecule has 0 saturated carbocycles. The van der Waals surface area contributed by atoms with Gasteiger partial charge in [0.25, 0.3) is 5.91 Å². The quantitative estimate of drug-likeness (QED) is 0.644. The molecule has 2 rings (SSSR count). The van der Waals surface area contributed by atoms with E-state index in [1.165, 1.54) is 6.07 Å².